The van der Waals surface area contributed by atoms with Crippen molar-refractivity contribution in [3.63, 3.8) is 0 Å². The summed E-state index contributed by atoms with van der Waals surface area (Å²) in [5.74, 6) is -0.226. The fraction of sp³-hybridized carbons (Fsp3) is 0.235. The van der Waals surface area contributed by atoms with Gasteiger partial charge in [0.1, 0.15) is 5.69 Å². The molecule has 1 aliphatic heterocycles. The van der Waals surface area contributed by atoms with E-state index in [0.717, 1.165) is 0 Å². The second-order valence-corrected chi connectivity index (χ2v) is 6.24. The van der Waals surface area contributed by atoms with E-state index in [1.54, 1.807) is 52.4 Å². The van der Waals surface area contributed by atoms with Crippen LogP contribution in [-0.2, 0) is 0 Å². The minimum absolute atomic E-state index is 0.112. The maximum Gasteiger partial charge on any atom is 0.272 e. The molecule has 0 spiro atoms. The molecule has 1 aromatic carbocycles. The summed E-state index contributed by atoms with van der Waals surface area (Å²) in [6, 6.07) is 10.1. The minimum atomic E-state index is -0.114. The first-order valence-corrected chi connectivity index (χ1v) is 8.26. The molecule has 2 aromatic rings. The number of amides is 2. The van der Waals surface area contributed by atoms with Gasteiger partial charge in [-0.1, -0.05) is 29.3 Å². The third-order valence-corrected chi connectivity index (χ3v) is 4.64. The highest BCUT2D eigenvalue weighted by Crippen LogP contribution is 2.23. The Morgan fingerprint density at radius 3 is 2.12 bits per heavy atom. The summed E-state index contributed by atoms with van der Waals surface area (Å²) in [4.78, 5) is 32.4. The molecule has 2 amide bonds. The van der Waals surface area contributed by atoms with Gasteiger partial charge in [0, 0.05) is 37.9 Å². The normalized spacial score (nSPS) is 14.6. The van der Waals surface area contributed by atoms with Crippen molar-refractivity contribution in [2.45, 2.75) is 0 Å². The molecule has 124 valence electrons. The van der Waals surface area contributed by atoms with Gasteiger partial charge < -0.3 is 9.80 Å². The van der Waals surface area contributed by atoms with Gasteiger partial charge in [0.25, 0.3) is 11.8 Å². The molecule has 0 N–H and O–H groups in total. The minimum Gasteiger partial charge on any atom is -0.335 e. The van der Waals surface area contributed by atoms with E-state index in [4.69, 9.17) is 23.2 Å². The van der Waals surface area contributed by atoms with Gasteiger partial charge in [0.15, 0.2) is 0 Å². The Kier molecular flexibility index (Phi) is 5.02. The summed E-state index contributed by atoms with van der Waals surface area (Å²) in [5, 5.41) is 0.769. The van der Waals surface area contributed by atoms with E-state index in [-0.39, 0.29) is 11.8 Å². The van der Waals surface area contributed by atoms with Gasteiger partial charge >= 0.3 is 0 Å². The van der Waals surface area contributed by atoms with Crippen LogP contribution in [-0.4, -0.2) is 52.8 Å². The van der Waals surface area contributed by atoms with E-state index in [0.29, 0.717) is 47.5 Å². The van der Waals surface area contributed by atoms with Crippen LogP contribution in [0.2, 0.25) is 10.0 Å². The molecule has 0 bridgehead atoms. The van der Waals surface area contributed by atoms with Crippen LogP contribution in [0, 0.1) is 0 Å². The van der Waals surface area contributed by atoms with Crippen molar-refractivity contribution in [2.24, 2.45) is 0 Å². The molecule has 0 unspecified atom stereocenters. The summed E-state index contributed by atoms with van der Waals surface area (Å²) in [6.07, 6.45) is 1.59. The first-order valence-electron chi connectivity index (χ1n) is 7.51. The number of benzene rings is 1. The zero-order valence-electron chi connectivity index (χ0n) is 12.8. The van der Waals surface area contributed by atoms with Crippen LogP contribution in [0.1, 0.15) is 20.8 Å². The number of piperazine rings is 1. The highest BCUT2D eigenvalue weighted by molar-refractivity contribution is 6.42. The Hall–Kier alpha value is -2.11. The largest absolute Gasteiger partial charge is 0.335 e. The number of rotatable bonds is 2. The van der Waals surface area contributed by atoms with Crippen LogP contribution in [0.3, 0.4) is 0 Å². The lowest BCUT2D eigenvalue weighted by molar-refractivity contribution is 0.0532. The molecule has 24 heavy (non-hydrogen) atoms. The number of carbonyl (C=O) groups is 2. The number of hydrogen-bond acceptors (Lipinski definition) is 3. The molecule has 0 radical (unpaired) electrons. The molecule has 1 saturated heterocycles. The summed E-state index contributed by atoms with van der Waals surface area (Å²) in [5.41, 5.74) is 0.913. The van der Waals surface area contributed by atoms with Crippen molar-refractivity contribution in [3.05, 3.63) is 63.9 Å². The Morgan fingerprint density at radius 2 is 1.54 bits per heavy atom. The smallest absolute Gasteiger partial charge is 0.272 e. The topological polar surface area (TPSA) is 53.5 Å². The predicted octanol–water partition coefficient (Wildman–Crippen LogP) is 2.99. The lowest BCUT2D eigenvalue weighted by Crippen LogP contribution is -2.50. The number of carbonyl (C=O) groups excluding carboxylic acids is 2. The molecule has 1 fully saturated rings. The molecular weight excluding hydrogens is 349 g/mol. The van der Waals surface area contributed by atoms with Crippen LogP contribution in [0.5, 0.6) is 0 Å². The molecule has 5 nitrogen and oxygen atoms in total. The Morgan fingerprint density at radius 1 is 0.875 bits per heavy atom. The summed E-state index contributed by atoms with van der Waals surface area (Å²) < 4.78 is 0. The lowest BCUT2D eigenvalue weighted by atomic mass is 10.1. The zero-order chi connectivity index (χ0) is 17.1. The van der Waals surface area contributed by atoms with Gasteiger partial charge in [-0.3, -0.25) is 14.6 Å². The highest BCUT2D eigenvalue weighted by Gasteiger charge is 2.26. The zero-order valence-corrected chi connectivity index (χ0v) is 14.3. The Balaban J connectivity index is 1.63. The van der Waals surface area contributed by atoms with Gasteiger partial charge in [0.2, 0.25) is 0 Å². The molecule has 1 aromatic heterocycles. The summed E-state index contributed by atoms with van der Waals surface area (Å²) >= 11 is 11.8. The number of halogens is 2. The van der Waals surface area contributed by atoms with Gasteiger partial charge in [-0.05, 0) is 30.3 Å². The molecule has 7 heteroatoms. The van der Waals surface area contributed by atoms with E-state index in [1.807, 2.05) is 0 Å². The Bertz CT molecular complexity index is 760. The third kappa shape index (κ3) is 3.52. The fourth-order valence-corrected chi connectivity index (χ4v) is 2.87. The average molecular weight is 364 g/mol. The summed E-state index contributed by atoms with van der Waals surface area (Å²) in [7, 11) is 0. The molecule has 1 aliphatic rings. The quantitative estimate of drug-likeness (QED) is 0.823. The number of pyridine rings is 1. The van der Waals surface area contributed by atoms with Gasteiger partial charge in [-0.15, -0.1) is 0 Å². The molecule has 0 aliphatic carbocycles. The molecule has 3 rings (SSSR count). The molecule has 0 saturated carbocycles. The number of hydrogen-bond donors (Lipinski definition) is 0. The van der Waals surface area contributed by atoms with Crippen LogP contribution >= 0.6 is 23.2 Å². The van der Waals surface area contributed by atoms with Crippen molar-refractivity contribution in [3.8, 4) is 0 Å². The Labute approximate surface area is 149 Å². The van der Waals surface area contributed by atoms with Crippen LogP contribution in [0.25, 0.3) is 0 Å². The van der Waals surface area contributed by atoms with Crippen molar-refractivity contribution >= 4 is 35.0 Å². The molecular formula is C17H15Cl2N3O2. The van der Waals surface area contributed by atoms with Crippen LogP contribution in [0.15, 0.2) is 42.6 Å². The van der Waals surface area contributed by atoms with Crippen molar-refractivity contribution in [1.29, 1.82) is 0 Å². The second-order valence-electron chi connectivity index (χ2n) is 5.43. The van der Waals surface area contributed by atoms with E-state index < -0.39 is 0 Å². The van der Waals surface area contributed by atoms with E-state index in [1.165, 1.54) is 0 Å². The van der Waals surface area contributed by atoms with E-state index >= 15 is 0 Å². The standard InChI is InChI=1S/C17H15Cl2N3O2/c18-13-5-4-12(11-14(13)19)16(23)21-7-9-22(10-8-21)17(24)15-3-1-2-6-20-15/h1-6,11H,7-10H2. The van der Waals surface area contributed by atoms with Gasteiger partial charge in [-0.2, -0.15) is 0 Å². The van der Waals surface area contributed by atoms with Crippen molar-refractivity contribution < 1.29 is 9.59 Å². The maximum absolute atomic E-state index is 12.5. The SMILES string of the molecule is O=C(c1ccc(Cl)c(Cl)c1)N1CCN(C(=O)c2ccccn2)CC1. The number of nitrogens with zero attached hydrogens (tertiary/aromatic N) is 3. The lowest BCUT2D eigenvalue weighted by Gasteiger charge is -2.34. The molecule has 2 heterocycles. The predicted molar refractivity (Wildman–Crippen MR) is 92.5 cm³/mol. The molecule has 0 atom stereocenters. The van der Waals surface area contributed by atoms with Crippen LogP contribution in [0.4, 0.5) is 0 Å². The van der Waals surface area contributed by atoms with E-state index in [2.05, 4.69) is 4.98 Å². The average Bonchev–Trinajstić information content (AvgIpc) is 2.63. The van der Waals surface area contributed by atoms with Crippen molar-refractivity contribution in [1.82, 2.24) is 14.8 Å². The maximum atomic E-state index is 12.5. The van der Waals surface area contributed by atoms with Crippen LogP contribution < -0.4 is 0 Å². The second kappa shape index (κ2) is 7.20. The fourth-order valence-electron chi connectivity index (χ4n) is 2.58. The first-order chi connectivity index (χ1) is 11.6. The summed E-state index contributed by atoms with van der Waals surface area (Å²) in [6.45, 7) is 1.89. The van der Waals surface area contributed by atoms with Gasteiger partial charge in [0.05, 0.1) is 10.0 Å². The van der Waals surface area contributed by atoms with Gasteiger partial charge in [-0.25, -0.2) is 0 Å². The van der Waals surface area contributed by atoms with E-state index in [9.17, 15) is 9.59 Å². The highest BCUT2D eigenvalue weighted by atomic mass is 35.5. The first kappa shape index (κ1) is 16.7. The monoisotopic (exact) mass is 363 g/mol. The van der Waals surface area contributed by atoms with Crippen molar-refractivity contribution in [2.75, 3.05) is 26.2 Å². The third-order valence-electron chi connectivity index (χ3n) is 3.90. The number of aromatic nitrogens is 1.